The van der Waals surface area contributed by atoms with Crippen molar-refractivity contribution in [3.63, 3.8) is 0 Å². The van der Waals surface area contributed by atoms with Crippen LogP contribution in [-0.4, -0.2) is 35.7 Å². The fraction of sp³-hybridized carbons (Fsp3) is 1.00. The van der Waals surface area contributed by atoms with Crippen LogP contribution in [0, 0.1) is 11.8 Å². The Morgan fingerprint density at radius 2 is 1.48 bits per heavy atom. The zero-order valence-electron chi connectivity index (χ0n) is 15.0. The zero-order valence-corrected chi connectivity index (χ0v) is 15.0. The van der Waals surface area contributed by atoms with E-state index in [-0.39, 0.29) is 0 Å². The molecule has 0 bridgehead atoms. The Labute approximate surface area is 132 Å². The summed E-state index contributed by atoms with van der Waals surface area (Å²) in [6.07, 6.45) is 10.5. The van der Waals surface area contributed by atoms with Crippen LogP contribution in [0.25, 0.3) is 0 Å². The summed E-state index contributed by atoms with van der Waals surface area (Å²) in [5.74, 6) is 1.96. The lowest BCUT2D eigenvalue weighted by Gasteiger charge is -2.45. The third-order valence-corrected chi connectivity index (χ3v) is 5.82. The molecule has 2 fully saturated rings. The molecule has 0 aromatic heterocycles. The van der Waals surface area contributed by atoms with Crippen molar-refractivity contribution in [3.05, 3.63) is 0 Å². The van der Waals surface area contributed by atoms with Gasteiger partial charge in [-0.3, -0.25) is 4.90 Å². The number of likely N-dealkylation sites (tertiary alicyclic amines) is 1. The van der Waals surface area contributed by atoms with Gasteiger partial charge in [0.2, 0.25) is 0 Å². The van der Waals surface area contributed by atoms with Crippen LogP contribution in [0.4, 0.5) is 0 Å². The van der Waals surface area contributed by atoms with Crippen LogP contribution >= 0.6 is 0 Å². The number of piperidine rings is 1. The second-order valence-corrected chi connectivity index (χ2v) is 7.97. The van der Waals surface area contributed by atoms with Crippen LogP contribution in [0.3, 0.4) is 0 Å². The molecule has 2 atom stereocenters. The monoisotopic (exact) mass is 295 g/mol. The normalized spacial score (nSPS) is 38.9. The van der Waals surface area contributed by atoms with Gasteiger partial charge in [-0.25, -0.2) is 0 Å². The van der Waals surface area contributed by atoms with Crippen molar-refractivity contribution in [3.8, 4) is 0 Å². The molecule has 0 spiro atoms. The fourth-order valence-corrected chi connectivity index (χ4v) is 4.54. The molecule has 1 aliphatic carbocycles. The second-order valence-electron chi connectivity index (χ2n) is 7.97. The highest BCUT2D eigenvalue weighted by Gasteiger charge is 2.33. The van der Waals surface area contributed by atoms with Gasteiger partial charge in [0.25, 0.3) is 0 Å². The summed E-state index contributed by atoms with van der Waals surface area (Å²) in [4.78, 5) is 2.77. The Balaban J connectivity index is 1.81. The summed E-state index contributed by atoms with van der Waals surface area (Å²) in [6, 6.07) is 1.36. The molecular formula is C19H37NO. The van der Waals surface area contributed by atoms with Crippen molar-refractivity contribution in [2.45, 2.75) is 104 Å². The summed E-state index contributed by atoms with van der Waals surface area (Å²) in [5, 5.41) is 0. The summed E-state index contributed by atoms with van der Waals surface area (Å²) >= 11 is 0. The van der Waals surface area contributed by atoms with E-state index in [1.807, 2.05) is 0 Å². The number of nitrogens with zero attached hydrogens (tertiary/aromatic N) is 1. The molecule has 0 N–H and O–H groups in total. The first-order valence-electron chi connectivity index (χ1n) is 9.40. The topological polar surface area (TPSA) is 12.5 Å². The van der Waals surface area contributed by atoms with Gasteiger partial charge in [0.1, 0.15) is 0 Å². The highest BCUT2D eigenvalue weighted by molar-refractivity contribution is 4.87. The molecule has 2 nitrogen and oxygen atoms in total. The van der Waals surface area contributed by atoms with Crippen LogP contribution in [0.5, 0.6) is 0 Å². The van der Waals surface area contributed by atoms with Gasteiger partial charge in [0.05, 0.1) is 12.2 Å². The van der Waals surface area contributed by atoms with E-state index in [1.54, 1.807) is 0 Å². The number of ether oxygens (including phenoxy) is 1. The average molecular weight is 296 g/mol. The van der Waals surface area contributed by atoms with E-state index in [0.717, 1.165) is 11.8 Å². The Hall–Kier alpha value is -0.0800. The van der Waals surface area contributed by atoms with Crippen molar-refractivity contribution in [2.24, 2.45) is 11.8 Å². The summed E-state index contributed by atoms with van der Waals surface area (Å²) < 4.78 is 6.07. The van der Waals surface area contributed by atoms with E-state index >= 15 is 0 Å². The second kappa shape index (κ2) is 7.97. The minimum absolute atomic E-state index is 0.366. The van der Waals surface area contributed by atoms with Gasteiger partial charge in [-0.1, -0.05) is 26.2 Å². The Bertz CT molecular complexity index is 284. The number of hydrogen-bond acceptors (Lipinski definition) is 2. The van der Waals surface area contributed by atoms with Gasteiger partial charge in [-0.2, -0.15) is 0 Å². The molecular weight excluding hydrogens is 258 g/mol. The van der Waals surface area contributed by atoms with Gasteiger partial charge in [0.15, 0.2) is 0 Å². The minimum Gasteiger partial charge on any atom is -0.375 e. The summed E-state index contributed by atoms with van der Waals surface area (Å²) in [6.45, 7) is 12.8. The standard InChI is InChI=1S/C19H37NO/c1-6-17-7-9-18(10-8-17)13-20-15(4)11-19(12-16(20)5)21-14(2)3/h14-19H,6-13H2,1-5H3. The predicted molar refractivity (Wildman–Crippen MR) is 90.6 cm³/mol. The van der Waals surface area contributed by atoms with Crippen molar-refractivity contribution >= 4 is 0 Å². The Morgan fingerprint density at radius 1 is 0.952 bits per heavy atom. The van der Waals surface area contributed by atoms with E-state index in [9.17, 15) is 0 Å². The van der Waals surface area contributed by atoms with Gasteiger partial charge in [-0.05, 0) is 65.2 Å². The largest absolute Gasteiger partial charge is 0.375 e. The van der Waals surface area contributed by atoms with Crippen LogP contribution in [0.1, 0.15) is 79.6 Å². The van der Waals surface area contributed by atoms with E-state index in [1.165, 1.54) is 51.5 Å². The van der Waals surface area contributed by atoms with E-state index < -0.39 is 0 Å². The lowest BCUT2D eigenvalue weighted by atomic mass is 9.80. The SMILES string of the molecule is CCC1CCC(CN2C(C)CC(OC(C)C)CC2C)CC1. The smallest absolute Gasteiger partial charge is 0.0608 e. The van der Waals surface area contributed by atoms with E-state index in [2.05, 4.69) is 39.5 Å². The molecule has 2 unspecified atom stereocenters. The number of rotatable bonds is 5. The lowest BCUT2D eigenvalue weighted by molar-refractivity contribution is -0.0632. The maximum absolute atomic E-state index is 6.07. The quantitative estimate of drug-likeness (QED) is 0.717. The molecule has 2 rings (SSSR count). The summed E-state index contributed by atoms with van der Waals surface area (Å²) in [7, 11) is 0. The highest BCUT2D eigenvalue weighted by Crippen LogP contribution is 2.34. The first-order valence-corrected chi connectivity index (χ1v) is 9.40. The molecule has 124 valence electrons. The van der Waals surface area contributed by atoms with Crippen molar-refractivity contribution < 1.29 is 4.74 Å². The average Bonchev–Trinajstić information content (AvgIpc) is 2.43. The molecule has 1 saturated heterocycles. The molecule has 0 aromatic carbocycles. The van der Waals surface area contributed by atoms with Gasteiger partial charge in [0, 0.05) is 18.6 Å². The van der Waals surface area contributed by atoms with Crippen LogP contribution in [-0.2, 0) is 4.74 Å². The molecule has 1 aliphatic heterocycles. The third-order valence-electron chi connectivity index (χ3n) is 5.82. The number of hydrogen-bond donors (Lipinski definition) is 0. The van der Waals surface area contributed by atoms with Gasteiger partial charge in [-0.15, -0.1) is 0 Å². The molecule has 0 amide bonds. The van der Waals surface area contributed by atoms with Gasteiger partial charge < -0.3 is 4.74 Å². The van der Waals surface area contributed by atoms with Crippen molar-refractivity contribution in [1.82, 2.24) is 4.90 Å². The maximum Gasteiger partial charge on any atom is 0.0608 e. The fourth-order valence-electron chi connectivity index (χ4n) is 4.54. The van der Waals surface area contributed by atoms with Crippen LogP contribution in [0.2, 0.25) is 0 Å². The van der Waals surface area contributed by atoms with Gasteiger partial charge >= 0.3 is 0 Å². The highest BCUT2D eigenvalue weighted by atomic mass is 16.5. The minimum atomic E-state index is 0.366. The van der Waals surface area contributed by atoms with Crippen molar-refractivity contribution in [1.29, 1.82) is 0 Å². The van der Waals surface area contributed by atoms with Crippen molar-refractivity contribution in [2.75, 3.05) is 6.54 Å². The van der Waals surface area contributed by atoms with E-state index in [4.69, 9.17) is 4.74 Å². The molecule has 0 aromatic rings. The van der Waals surface area contributed by atoms with E-state index in [0.29, 0.717) is 24.3 Å². The molecule has 2 heteroatoms. The molecule has 1 heterocycles. The maximum atomic E-state index is 6.07. The molecule has 2 aliphatic rings. The zero-order chi connectivity index (χ0) is 15.4. The third kappa shape index (κ3) is 4.96. The summed E-state index contributed by atoms with van der Waals surface area (Å²) in [5.41, 5.74) is 0. The lowest BCUT2D eigenvalue weighted by Crippen LogP contribution is -2.51. The first kappa shape index (κ1) is 17.3. The molecule has 1 saturated carbocycles. The Morgan fingerprint density at radius 3 is 1.95 bits per heavy atom. The Kier molecular flexibility index (Phi) is 6.55. The van der Waals surface area contributed by atoms with Crippen LogP contribution in [0.15, 0.2) is 0 Å². The molecule has 0 radical (unpaired) electrons. The first-order chi connectivity index (χ1) is 9.99. The predicted octanol–water partition coefficient (Wildman–Crippen LogP) is 4.87. The van der Waals surface area contributed by atoms with Crippen LogP contribution < -0.4 is 0 Å². The molecule has 21 heavy (non-hydrogen) atoms.